The molecule has 0 atom stereocenters. The van der Waals surface area contributed by atoms with Crippen LogP contribution in [0.4, 0.5) is 0 Å². The van der Waals surface area contributed by atoms with Crippen LogP contribution >= 0.6 is 0 Å². The topological polar surface area (TPSA) is 43.0 Å². The van der Waals surface area contributed by atoms with Crippen molar-refractivity contribution in [3.05, 3.63) is 36.4 Å². The van der Waals surface area contributed by atoms with Crippen molar-refractivity contribution >= 4 is 0 Å². The molecule has 1 fully saturated rings. The number of nitrogens with zero attached hydrogens (tertiary/aromatic N) is 1. The van der Waals surface area contributed by atoms with Crippen LogP contribution in [0.5, 0.6) is 11.5 Å². The van der Waals surface area contributed by atoms with Crippen molar-refractivity contribution in [3.8, 4) is 11.5 Å². The maximum atomic E-state index is 5.64. The lowest BCUT2D eigenvalue weighted by Gasteiger charge is -2.32. The number of ether oxygens (including phenoxy) is 3. The van der Waals surface area contributed by atoms with Gasteiger partial charge in [-0.25, -0.2) is 0 Å². The molecule has 0 aliphatic carbocycles. The number of methoxy groups -OCH3 is 1. The fraction of sp³-hybridized carbons (Fsp3) is 0.714. The third-order valence-electron chi connectivity index (χ3n) is 4.33. The zero-order chi connectivity index (χ0) is 25.9. The van der Waals surface area contributed by atoms with E-state index < -0.39 is 0 Å². The first-order valence-electron chi connectivity index (χ1n) is 13.0. The maximum absolute atomic E-state index is 5.64. The van der Waals surface area contributed by atoms with Crippen LogP contribution in [0.3, 0.4) is 0 Å². The molecule has 1 aromatic carbocycles. The number of hydrogen-bond acceptors (Lipinski definition) is 5. The van der Waals surface area contributed by atoms with Crippen LogP contribution in [-0.2, 0) is 11.3 Å². The Bertz CT molecular complexity index is 516. The first-order chi connectivity index (χ1) is 16.2. The van der Waals surface area contributed by atoms with Gasteiger partial charge >= 0.3 is 0 Å². The molecule has 1 saturated heterocycles. The molecule has 2 aliphatic heterocycles. The lowest BCUT2D eigenvalue weighted by molar-refractivity contribution is 0.171. The van der Waals surface area contributed by atoms with Crippen molar-refractivity contribution in [1.82, 2.24) is 10.2 Å². The van der Waals surface area contributed by atoms with Gasteiger partial charge in [0.1, 0.15) is 13.2 Å². The summed E-state index contributed by atoms with van der Waals surface area (Å²) >= 11 is 0. The third kappa shape index (κ3) is 18.5. The number of nitrogens with one attached hydrogen (secondary N) is 1. The molecular formula is C28H56N2O3. The summed E-state index contributed by atoms with van der Waals surface area (Å²) in [6, 6.07) is 6.90. The summed E-state index contributed by atoms with van der Waals surface area (Å²) in [7, 11) is 3.25. The first kappa shape index (κ1) is 36.0. The second-order valence-corrected chi connectivity index (χ2v) is 6.79. The molecule has 2 aliphatic rings. The molecule has 1 aromatic rings. The van der Waals surface area contributed by atoms with Crippen LogP contribution in [0, 0.1) is 0 Å². The molecule has 0 radical (unpaired) electrons. The van der Waals surface area contributed by atoms with Gasteiger partial charge in [0.05, 0.1) is 0 Å². The Labute approximate surface area is 206 Å². The van der Waals surface area contributed by atoms with Crippen molar-refractivity contribution in [3.63, 3.8) is 0 Å². The smallest absolute Gasteiger partial charge is 0.161 e. The largest absolute Gasteiger partial charge is 0.486 e. The minimum absolute atomic E-state index is 0.645. The molecule has 0 unspecified atom stereocenters. The predicted molar refractivity (Wildman–Crippen MR) is 147 cm³/mol. The minimum atomic E-state index is 0.645. The Hall–Kier alpha value is -1.56. The molecule has 0 spiro atoms. The van der Waals surface area contributed by atoms with E-state index in [0.717, 1.165) is 18.0 Å². The predicted octanol–water partition coefficient (Wildman–Crippen LogP) is 6.96. The normalized spacial score (nSPS) is 14.0. The van der Waals surface area contributed by atoms with Crippen molar-refractivity contribution < 1.29 is 14.2 Å². The summed E-state index contributed by atoms with van der Waals surface area (Å²) < 4.78 is 15.4. The van der Waals surface area contributed by atoms with E-state index in [4.69, 9.17) is 9.47 Å². The van der Waals surface area contributed by atoms with Gasteiger partial charge in [0, 0.05) is 26.8 Å². The monoisotopic (exact) mass is 468 g/mol. The van der Waals surface area contributed by atoms with Crippen LogP contribution in [0.1, 0.15) is 80.2 Å². The Kier molecular flexibility index (Phi) is 31.1. The molecular weight excluding hydrogens is 412 g/mol. The number of fused-ring (bicyclic) bond motifs is 1. The van der Waals surface area contributed by atoms with E-state index in [9.17, 15) is 0 Å². The molecule has 0 bridgehead atoms. The summed E-state index contributed by atoms with van der Waals surface area (Å²) in [5, 5.41) is 3.68. The van der Waals surface area contributed by atoms with Crippen LogP contribution in [-0.4, -0.2) is 58.0 Å². The molecule has 0 saturated carbocycles. The summed E-state index contributed by atoms with van der Waals surface area (Å²) in [6.45, 7) is 25.4. The highest BCUT2D eigenvalue weighted by atomic mass is 16.6. The molecule has 1 N–H and O–H groups in total. The van der Waals surface area contributed by atoms with Gasteiger partial charge in [-0.1, -0.05) is 60.6 Å². The Morgan fingerprint density at radius 1 is 1.00 bits per heavy atom. The van der Waals surface area contributed by atoms with Gasteiger partial charge in [-0.15, -0.1) is 6.58 Å². The fourth-order valence-corrected chi connectivity index (χ4v) is 3.14. The van der Waals surface area contributed by atoms with Gasteiger partial charge in [-0.05, 0) is 63.5 Å². The second-order valence-electron chi connectivity index (χ2n) is 6.79. The lowest BCUT2D eigenvalue weighted by atomic mass is 10.0. The SMILES string of the molecule is C=CC.CC.CC.CC.CCCN1CCC(NCc2ccc3c(c2)OCCO3)CC1.COC. The van der Waals surface area contributed by atoms with Crippen LogP contribution in [0.25, 0.3) is 0 Å². The van der Waals surface area contributed by atoms with Gasteiger partial charge < -0.3 is 24.4 Å². The van der Waals surface area contributed by atoms with E-state index in [1.807, 2.05) is 54.5 Å². The molecule has 33 heavy (non-hydrogen) atoms. The van der Waals surface area contributed by atoms with Gasteiger partial charge in [0.15, 0.2) is 11.5 Å². The molecule has 5 nitrogen and oxygen atoms in total. The molecule has 0 amide bonds. The number of benzene rings is 1. The molecule has 5 heteroatoms. The van der Waals surface area contributed by atoms with Gasteiger partial charge in [-0.3, -0.25) is 0 Å². The minimum Gasteiger partial charge on any atom is -0.486 e. The lowest BCUT2D eigenvalue weighted by Crippen LogP contribution is -2.42. The van der Waals surface area contributed by atoms with Crippen molar-refractivity contribution in [2.75, 3.05) is 47.1 Å². The Morgan fingerprint density at radius 2 is 1.48 bits per heavy atom. The number of rotatable bonds is 5. The Balaban J connectivity index is -0.000000644. The second kappa shape index (κ2) is 28.5. The summed E-state index contributed by atoms with van der Waals surface area (Å²) in [6.07, 6.45) is 5.52. The molecule has 3 rings (SSSR count). The number of piperidine rings is 1. The standard InChI is InChI=1S/C17H26N2O2.C3H6.C2H6O.3C2H6/c1-2-7-19-8-5-15(6-9-19)18-13-14-3-4-16-17(12-14)21-11-10-20-16;2*1-3-2;3*1-2/h3-4,12,15,18H,2,5-11,13H2,1H3;3H,1H2,2H3;1-2H3;3*1-2H3. The maximum Gasteiger partial charge on any atom is 0.161 e. The van der Waals surface area contributed by atoms with Gasteiger partial charge in [-0.2, -0.15) is 0 Å². The third-order valence-corrected chi connectivity index (χ3v) is 4.33. The van der Waals surface area contributed by atoms with Crippen molar-refractivity contribution in [2.45, 2.75) is 87.2 Å². The van der Waals surface area contributed by atoms with E-state index in [1.165, 1.54) is 44.5 Å². The fourth-order valence-electron chi connectivity index (χ4n) is 3.14. The Morgan fingerprint density at radius 3 is 1.97 bits per heavy atom. The highest BCUT2D eigenvalue weighted by molar-refractivity contribution is 5.43. The van der Waals surface area contributed by atoms with E-state index in [0.29, 0.717) is 19.3 Å². The highest BCUT2D eigenvalue weighted by Crippen LogP contribution is 2.30. The number of likely N-dealkylation sites (tertiary alicyclic amines) is 1. The van der Waals surface area contributed by atoms with Crippen LogP contribution in [0.15, 0.2) is 30.9 Å². The van der Waals surface area contributed by atoms with Crippen LogP contribution < -0.4 is 14.8 Å². The van der Waals surface area contributed by atoms with Gasteiger partial charge in [0.2, 0.25) is 0 Å². The first-order valence-corrected chi connectivity index (χ1v) is 13.0. The van der Waals surface area contributed by atoms with E-state index in [-0.39, 0.29) is 0 Å². The average molecular weight is 469 g/mol. The van der Waals surface area contributed by atoms with Crippen molar-refractivity contribution in [2.24, 2.45) is 0 Å². The highest BCUT2D eigenvalue weighted by Gasteiger charge is 2.18. The molecule has 2 heterocycles. The number of allylic oxidation sites excluding steroid dienone is 1. The quantitative estimate of drug-likeness (QED) is 0.473. The molecule has 0 aromatic heterocycles. The van der Waals surface area contributed by atoms with E-state index >= 15 is 0 Å². The summed E-state index contributed by atoms with van der Waals surface area (Å²) in [5.41, 5.74) is 1.27. The van der Waals surface area contributed by atoms with Gasteiger partial charge in [0.25, 0.3) is 0 Å². The summed E-state index contributed by atoms with van der Waals surface area (Å²) in [4.78, 5) is 2.57. The van der Waals surface area contributed by atoms with E-state index in [1.54, 1.807) is 20.3 Å². The zero-order valence-electron chi connectivity index (χ0n) is 23.6. The summed E-state index contributed by atoms with van der Waals surface area (Å²) in [5.74, 6) is 1.76. The molecule has 196 valence electrons. The van der Waals surface area contributed by atoms with Crippen LogP contribution in [0.2, 0.25) is 0 Å². The van der Waals surface area contributed by atoms with E-state index in [2.05, 4.69) is 40.6 Å². The van der Waals surface area contributed by atoms with Crippen molar-refractivity contribution in [1.29, 1.82) is 0 Å². The average Bonchev–Trinajstić information content (AvgIpc) is 2.88. The zero-order valence-corrected chi connectivity index (χ0v) is 23.6. The number of hydrogen-bond donors (Lipinski definition) is 1.